The van der Waals surface area contributed by atoms with Gasteiger partial charge >= 0.3 is 0 Å². The Labute approximate surface area is 148 Å². The van der Waals surface area contributed by atoms with Gasteiger partial charge in [-0.1, -0.05) is 18.2 Å². The molecule has 1 atom stereocenters. The van der Waals surface area contributed by atoms with E-state index in [1.165, 1.54) is 37.3 Å². The number of hydrogen-bond acceptors (Lipinski definition) is 4. The number of sulfonamides is 1. The van der Waals surface area contributed by atoms with E-state index in [4.69, 9.17) is 0 Å². The number of halogens is 2. The second kappa shape index (κ2) is 6.49. The molecule has 0 saturated carbocycles. The van der Waals surface area contributed by atoms with Gasteiger partial charge in [-0.25, -0.2) is 21.5 Å². The number of benzene rings is 2. The van der Waals surface area contributed by atoms with Crippen LogP contribution in [0, 0.1) is 11.6 Å². The quantitative estimate of drug-likeness (QED) is 0.879. The lowest BCUT2D eigenvalue weighted by atomic mass is 10.1. The number of fused-ring (bicyclic) bond motifs is 1. The summed E-state index contributed by atoms with van der Waals surface area (Å²) in [6.45, 7) is 0.728. The Morgan fingerprint density at radius 2 is 1.88 bits per heavy atom. The number of amides is 2. The third kappa shape index (κ3) is 3.05. The van der Waals surface area contributed by atoms with Gasteiger partial charge in [0.05, 0.1) is 11.6 Å². The summed E-state index contributed by atoms with van der Waals surface area (Å²) in [6, 6.07) is 7.73. The lowest BCUT2D eigenvalue weighted by molar-refractivity contribution is -0.121. The minimum absolute atomic E-state index is 0.00192. The molecule has 9 heteroatoms. The van der Waals surface area contributed by atoms with Crippen molar-refractivity contribution in [1.82, 2.24) is 9.62 Å². The van der Waals surface area contributed by atoms with Gasteiger partial charge in [-0.15, -0.1) is 0 Å². The summed E-state index contributed by atoms with van der Waals surface area (Å²) >= 11 is 0. The normalized spacial score (nSPS) is 16.3. The van der Waals surface area contributed by atoms with Crippen LogP contribution in [0.1, 0.15) is 28.9 Å². The van der Waals surface area contributed by atoms with E-state index in [2.05, 4.69) is 5.32 Å². The average Bonchev–Trinajstić information content (AvgIpc) is 2.76. The Morgan fingerprint density at radius 3 is 2.54 bits per heavy atom. The van der Waals surface area contributed by atoms with E-state index in [1.807, 2.05) is 0 Å². The molecule has 0 radical (unpaired) electrons. The molecule has 2 amide bonds. The first-order valence-electron chi connectivity index (χ1n) is 7.62. The lowest BCUT2D eigenvalue weighted by Gasteiger charge is -2.18. The van der Waals surface area contributed by atoms with E-state index in [-0.39, 0.29) is 16.0 Å². The Bertz CT molecular complexity index is 1010. The second-order valence-electron chi connectivity index (χ2n) is 5.77. The van der Waals surface area contributed by atoms with Gasteiger partial charge in [-0.2, -0.15) is 0 Å². The Morgan fingerprint density at radius 1 is 1.19 bits per heavy atom. The van der Waals surface area contributed by atoms with Crippen molar-refractivity contribution in [3.8, 4) is 0 Å². The van der Waals surface area contributed by atoms with Crippen molar-refractivity contribution in [3.63, 3.8) is 0 Å². The fourth-order valence-electron chi connectivity index (χ4n) is 2.74. The van der Waals surface area contributed by atoms with Crippen molar-refractivity contribution in [2.24, 2.45) is 0 Å². The van der Waals surface area contributed by atoms with E-state index >= 15 is 0 Å². The maximum atomic E-state index is 13.8. The molecule has 1 heterocycles. The molecule has 0 unspecified atom stereocenters. The second-order valence-corrected chi connectivity index (χ2v) is 7.60. The first-order valence-corrected chi connectivity index (χ1v) is 9.06. The predicted octanol–water partition coefficient (Wildman–Crippen LogP) is 1.99. The zero-order valence-electron chi connectivity index (χ0n) is 13.6. The maximum Gasteiger partial charge on any atom is 0.269 e. The van der Waals surface area contributed by atoms with Crippen LogP contribution in [-0.4, -0.2) is 31.1 Å². The highest BCUT2D eigenvalue weighted by Crippen LogP contribution is 2.29. The van der Waals surface area contributed by atoms with Crippen molar-refractivity contribution < 1.29 is 26.8 Å². The monoisotopic (exact) mass is 380 g/mol. The molecule has 0 bridgehead atoms. The fraction of sp³-hybridized carbons (Fsp3) is 0.176. The summed E-state index contributed by atoms with van der Waals surface area (Å²) < 4.78 is 52.0. The predicted molar refractivity (Wildman–Crippen MR) is 87.6 cm³/mol. The van der Waals surface area contributed by atoms with Gasteiger partial charge in [0, 0.05) is 11.6 Å². The zero-order valence-corrected chi connectivity index (χ0v) is 14.4. The van der Waals surface area contributed by atoms with Crippen LogP contribution in [0.4, 0.5) is 8.78 Å². The molecule has 3 rings (SSSR count). The standard InChI is InChI=1S/C17H14F2N2O4S/c1-10(12-7-6-11(18)8-14(12)19)20-16(22)9-21-17(23)13-4-2-3-5-15(13)26(21,24)25/h2-8,10H,9H2,1H3,(H,20,22)/t10-/m1/s1. The molecule has 2 aromatic rings. The molecule has 1 N–H and O–H groups in total. The average molecular weight is 380 g/mol. The van der Waals surface area contributed by atoms with Crippen molar-refractivity contribution in [2.75, 3.05) is 6.54 Å². The highest BCUT2D eigenvalue weighted by Gasteiger charge is 2.41. The van der Waals surface area contributed by atoms with E-state index in [9.17, 15) is 26.8 Å². The summed E-state index contributed by atoms with van der Waals surface area (Å²) in [5, 5.41) is 2.41. The first kappa shape index (κ1) is 18.0. The highest BCUT2D eigenvalue weighted by atomic mass is 32.2. The van der Waals surface area contributed by atoms with Crippen molar-refractivity contribution in [3.05, 3.63) is 65.2 Å². The molecule has 136 valence electrons. The molecule has 0 saturated heterocycles. The lowest BCUT2D eigenvalue weighted by Crippen LogP contribution is -2.41. The van der Waals surface area contributed by atoms with Crippen LogP contribution in [-0.2, 0) is 14.8 Å². The molecule has 1 aliphatic rings. The van der Waals surface area contributed by atoms with Gasteiger partial charge in [0.1, 0.15) is 23.1 Å². The summed E-state index contributed by atoms with van der Waals surface area (Å²) in [4.78, 5) is 24.3. The topological polar surface area (TPSA) is 83.6 Å². The van der Waals surface area contributed by atoms with Crippen LogP contribution in [0.2, 0.25) is 0 Å². The number of rotatable bonds is 4. The van der Waals surface area contributed by atoms with Gasteiger partial charge in [0.25, 0.3) is 15.9 Å². The number of hydrogen-bond donors (Lipinski definition) is 1. The molecule has 0 fully saturated rings. The third-order valence-electron chi connectivity index (χ3n) is 4.01. The van der Waals surface area contributed by atoms with E-state index in [0.29, 0.717) is 10.4 Å². The van der Waals surface area contributed by atoms with Crippen molar-refractivity contribution in [2.45, 2.75) is 17.9 Å². The van der Waals surface area contributed by atoms with Crippen molar-refractivity contribution >= 4 is 21.8 Å². The van der Waals surface area contributed by atoms with Crippen LogP contribution in [0.15, 0.2) is 47.4 Å². The van der Waals surface area contributed by atoms with Crippen LogP contribution in [0.5, 0.6) is 0 Å². The van der Waals surface area contributed by atoms with Crippen LogP contribution < -0.4 is 5.32 Å². The molecule has 0 aliphatic carbocycles. The molecular formula is C17H14F2N2O4S. The Hall–Kier alpha value is -2.81. The molecular weight excluding hydrogens is 366 g/mol. The summed E-state index contributed by atoms with van der Waals surface area (Å²) in [6.07, 6.45) is 0. The molecule has 0 aromatic heterocycles. The Balaban J connectivity index is 1.76. The van der Waals surface area contributed by atoms with Gasteiger partial charge in [0.2, 0.25) is 5.91 Å². The zero-order chi connectivity index (χ0) is 19.1. The highest BCUT2D eigenvalue weighted by molar-refractivity contribution is 7.90. The molecule has 6 nitrogen and oxygen atoms in total. The first-order chi connectivity index (χ1) is 12.2. The van der Waals surface area contributed by atoms with Gasteiger partial charge in [-0.3, -0.25) is 9.59 Å². The fourth-order valence-corrected chi connectivity index (χ4v) is 4.26. The maximum absolute atomic E-state index is 13.8. The SMILES string of the molecule is C[C@@H](NC(=O)CN1C(=O)c2ccccc2S1(=O)=O)c1ccc(F)cc1F. The van der Waals surface area contributed by atoms with Gasteiger partial charge in [0.15, 0.2) is 0 Å². The summed E-state index contributed by atoms with van der Waals surface area (Å²) in [7, 11) is -4.11. The minimum Gasteiger partial charge on any atom is -0.348 e. The number of nitrogens with one attached hydrogen (secondary N) is 1. The molecule has 0 spiro atoms. The van der Waals surface area contributed by atoms with Crippen LogP contribution in [0.25, 0.3) is 0 Å². The van der Waals surface area contributed by atoms with Gasteiger partial charge in [-0.05, 0) is 25.1 Å². The number of carbonyl (C=O) groups is 2. The molecule has 1 aliphatic heterocycles. The van der Waals surface area contributed by atoms with Crippen LogP contribution in [0.3, 0.4) is 0 Å². The molecule has 26 heavy (non-hydrogen) atoms. The molecule has 2 aromatic carbocycles. The van der Waals surface area contributed by atoms with Gasteiger partial charge < -0.3 is 5.32 Å². The largest absolute Gasteiger partial charge is 0.348 e. The number of nitrogens with zero attached hydrogens (tertiary/aromatic N) is 1. The van der Waals surface area contributed by atoms with Crippen LogP contribution >= 0.6 is 0 Å². The van der Waals surface area contributed by atoms with E-state index in [1.54, 1.807) is 0 Å². The Kier molecular flexibility index (Phi) is 4.49. The summed E-state index contributed by atoms with van der Waals surface area (Å²) in [5.74, 6) is -3.17. The summed E-state index contributed by atoms with van der Waals surface area (Å²) in [5.41, 5.74) is 0.0385. The van der Waals surface area contributed by atoms with E-state index < -0.39 is 46.1 Å². The minimum atomic E-state index is -4.11. The van der Waals surface area contributed by atoms with Crippen molar-refractivity contribution in [1.29, 1.82) is 0 Å². The third-order valence-corrected chi connectivity index (χ3v) is 5.79. The smallest absolute Gasteiger partial charge is 0.269 e. The van der Waals surface area contributed by atoms with E-state index in [0.717, 1.165) is 6.07 Å². The number of carbonyl (C=O) groups excluding carboxylic acids is 2.